The van der Waals surface area contributed by atoms with E-state index in [1.807, 2.05) is 0 Å². The van der Waals surface area contributed by atoms with Gasteiger partial charge in [-0.15, -0.1) is 0 Å². The number of hydrogen-bond donors (Lipinski definition) is 2. The van der Waals surface area contributed by atoms with Gasteiger partial charge in [0.1, 0.15) is 5.75 Å². The zero-order valence-electron chi connectivity index (χ0n) is 11.6. The standard InChI is InChI=1S/C15H24N2O/c1-10-7-12(13(18-3)8-11(10)2)14(17)15(9-16)5-4-6-15/h7-8,14H,4-6,9,16-17H2,1-3H3. The van der Waals surface area contributed by atoms with Gasteiger partial charge in [0.2, 0.25) is 0 Å². The Hall–Kier alpha value is -1.06. The first-order valence-corrected chi connectivity index (χ1v) is 6.65. The molecule has 0 radical (unpaired) electrons. The summed E-state index contributed by atoms with van der Waals surface area (Å²) in [6, 6.07) is 4.22. The lowest BCUT2D eigenvalue weighted by molar-refractivity contribution is 0.103. The molecule has 0 spiro atoms. The summed E-state index contributed by atoms with van der Waals surface area (Å²) < 4.78 is 5.49. The van der Waals surface area contributed by atoms with E-state index in [1.54, 1.807) is 7.11 Å². The van der Waals surface area contributed by atoms with Gasteiger partial charge >= 0.3 is 0 Å². The summed E-state index contributed by atoms with van der Waals surface area (Å²) in [6.07, 6.45) is 3.49. The van der Waals surface area contributed by atoms with Crippen molar-refractivity contribution in [2.75, 3.05) is 13.7 Å². The quantitative estimate of drug-likeness (QED) is 0.860. The fraction of sp³-hybridized carbons (Fsp3) is 0.600. The molecule has 4 N–H and O–H groups in total. The van der Waals surface area contributed by atoms with Crippen LogP contribution in [0.3, 0.4) is 0 Å². The summed E-state index contributed by atoms with van der Waals surface area (Å²) in [7, 11) is 1.70. The molecule has 1 atom stereocenters. The van der Waals surface area contributed by atoms with Gasteiger partial charge in [-0.2, -0.15) is 0 Å². The predicted octanol–water partition coefficient (Wildman–Crippen LogP) is 2.44. The number of ether oxygens (including phenoxy) is 1. The minimum Gasteiger partial charge on any atom is -0.496 e. The SMILES string of the molecule is COc1cc(C)c(C)cc1C(N)C1(CN)CCC1. The van der Waals surface area contributed by atoms with Crippen molar-refractivity contribution < 1.29 is 4.74 Å². The lowest BCUT2D eigenvalue weighted by Crippen LogP contribution is -2.46. The van der Waals surface area contributed by atoms with E-state index in [-0.39, 0.29) is 11.5 Å². The summed E-state index contributed by atoms with van der Waals surface area (Å²) in [5.74, 6) is 0.894. The Labute approximate surface area is 110 Å². The first-order chi connectivity index (χ1) is 8.54. The van der Waals surface area contributed by atoms with Crippen molar-refractivity contribution >= 4 is 0 Å². The maximum Gasteiger partial charge on any atom is 0.123 e. The average Bonchev–Trinajstić information content (AvgIpc) is 2.31. The molecule has 1 aliphatic rings. The van der Waals surface area contributed by atoms with Crippen LogP contribution < -0.4 is 16.2 Å². The van der Waals surface area contributed by atoms with E-state index in [9.17, 15) is 0 Å². The molecule has 18 heavy (non-hydrogen) atoms. The van der Waals surface area contributed by atoms with Crippen molar-refractivity contribution in [3.63, 3.8) is 0 Å². The van der Waals surface area contributed by atoms with Crippen LogP contribution >= 0.6 is 0 Å². The third kappa shape index (κ3) is 2.02. The zero-order valence-corrected chi connectivity index (χ0v) is 11.6. The average molecular weight is 248 g/mol. The molecule has 3 nitrogen and oxygen atoms in total. The van der Waals surface area contributed by atoms with Gasteiger partial charge in [-0.3, -0.25) is 0 Å². The van der Waals surface area contributed by atoms with Gasteiger partial charge in [-0.1, -0.05) is 12.5 Å². The van der Waals surface area contributed by atoms with Crippen molar-refractivity contribution in [1.82, 2.24) is 0 Å². The molecular weight excluding hydrogens is 224 g/mol. The van der Waals surface area contributed by atoms with Crippen molar-refractivity contribution in [3.05, 3.63) is 28.8 Å². The number of rotatable bonds is 4. The van der Waals surface area contributed by atoms with E-state index >= 15 is 0 Å². The molecule has 1 aromatic carbocycles. The Morgan fingerprint density at radius 3 is 2.33 bits per heavy atom. The second-order valence-electron chi connectivity index (χ2n) is 5.58. The highest BCUT2D eigenvalue weighted by Crippen LogP contribution is 2.50. The predicted molar refractivity (Wildman–Crippen MR) is 74.7 cm³/mol. The third-order valence-corrected chi connectivity index (χ3v) is 4.60. The van der Waals surface area contributed by atoms with Gasteiger partial charge in [-0.25, -0.2) is 0 Å². The molecular formula is C15H24N2O. The summed E-state index contributed by atoms with van der Waals surface area (Å²) >= 11 is 0. The van der Waals surface area contributed by atoms with E-state index in [0.29, 0.717) is 6.54 Å². The van der Waals surface area contributed by atoms with Crippen LogP contribution in [-0.2, 0) is 0 Å². The van der Waals surface area contributed by atoms with E-state index in [2.05, 4.69) is 26.0 Å². The van der Waals surface area contributed by atoms with Crippen LogP contribution in [-0.4, -0.2) is 13.7 Å². The van der Waals surface area contributed by atoms with E-state index in [4.69, 9.17) is 16.2 Å². The molecule has 1 aliphatic carbocycles. The van der Waals surface area contributed by atoms with Gasteiger partial charge in [0.05, 0.1) is 7.11 Å². The smallest absolute Gasteiger partial charge is 0.123 e. The molecule has 2 rings (SSSR count). The lowest BCUT2D eigenvalue weighted by atomic mass is 9.62. The van der Waals surface area contributed by atoms with Crippen LogP contribution in [0.4, 0.5) is 0 Å². The summed E-state index contributed by atoms with van der Waals surface area (Å²) in [4.78, 5) is 0. The second kappa shape index (κ2) is 4.90. The molecule has 100 valence electrons. The molecule has 0 aromatic heterocycles. The molecule has 0 amide bonds. The van der Waals surface area contributed by atoms with E-state index < -0.39 is 0 Å². The normalized spacial score (nSPS) is 19.2. The van der Waals surface area contributed by atoms with Gasteiger partial charge in [0.15, 0.2) is 0 Å². The lowest BCUT2D eigenvalue weighted by Gasteiger charge is -2.46. The maximum atomic E-state index is 6.48. The molecule has 0 bridgehead atoms. The van der Waals surface area contributed by atoms with Crippen molar-refractivity contribution in [3.8, 4) is 5.75 Å². The van der Waals surface area contributed by atoms with E-state index in [1.165, 1.54) is 17.5 Å². The Kier molecular flexibility index (Phi) is 3.64. The third-order valence-electron chi connectivity index (χ3n) is 4.60. The molecule has 0 aliphatic heterocycles. The Morgan fingerprint density at radius 2 is 1.89 bits per heavy atom. The van der Waals surface area contributed by atoms with Gasteiger partial charge in [0, 0.05) is 17.0 Å². The van der Waals surface area contributed by atoms with Crippen molar-refractivity contribution in [1.29, 1.82) is 0 Å². The Morgan fingerprint density at radius 1 is 1.28 bits per heavy atom. The van der Waals surface area contributed by atoms with Crippen LogP contribution in [0.2, 0.25) is 0 Å². The van der Waals surface area contributed by atoms with Crippen LogP contribution in [0.5, 0.6) is 5.75 Å². The Balaban J connectivity index is 2.40. The number of nitrogens with two attached hydrogens (primary N) is 2. The highest BCUT2D eigenvalue weighted by molar-refractivity contribution is 5.44. The molecule has 3 heteroatoms. The number of aryl methyl sites for hydroxylation is 2. The molecule has 1 unspecified atom stereocenters. The first kappa shape index (κ1) is 13.4. The fourth-order valence-electron chi connectivity index (χ4n) is 2.83. The molecule has 1 fully saturated rings. The van der Waals surface area contributed by atoms with Gasteiger partial charge in [0.25, 0.3) is 0 Å². The first-order valence-electron chi connectivity index (χ1n) is 6.65. The largest absolute Gasteiger partial charge is 0.496 e. The highest BCUT2D eigenvalue weighted by atomic mass is 16.5. The number of methoxy groups -OCH3 is 1. The monoisotopic (exact) mass is 248 g/mol. The van der Waals surface area contributed by atoms with Crippen LogP contribution in [0.15, 0.2) is 12.1 Å². The van der Waals surface area contributed by atoms with Gasteiger partial charge in [-0.05, 0) is 50.4 Å². The summed E-state index contributed by atoms with van der Waals surface area (Å²) in [5.41, 5.74) is 16.1. The van der Waals surface area contributed by atoms with Crippen molar-refractivity contribution in [2.45, 2.75) is 39.2 Å². The minimum atomic E-state index is -0.0227. The van der Waals surface area contributed by atoms with Crippen molar-refractivity contribution in [2.24, 2.45) is 16.9 Å². The van der Waals surface area contributed by atoms with Crippen LogP contribution in [0, 0.1) is 19.3 Å². The van der Waals surface area contributed by atoms with E-state index in [0.717, 1.165) is 24.2 Å². The molecule has 1 saturated carbocycles. The van der Waals surface area contributed by atoms with Crippen LogP contribution in [0.1, 0.15) is 42.0 Å². The Bertz CT molecular complexity index is 433. The zero-order chi connectivity index (χ0) is 13.3. The molecule has 0 saturated heterocycles. The highest BCUT2D eigenvalue weighted by Gasteiger charge is 2.42. The second-order valence-corrected chi connectivity index (χ2v) is 5.58. The summed E-state index contributed by atoms with van der Waals surface area (Å²) in [5, 5.41) is 0. The maximum absolute atomic E-state index is 6.48. The fourth-order valence-corrected chi connectivity index (χ4v) is 2.83. The number of benzene rings is 1. The molecule has 1 aromatic rings. The number of hydrogen-bond acceptors (Lipinski definition) is 3. The summed E-state index contributed by atoms with van der Waals surface area (Å²) in [6.45, 7) is 4.86. The van der Waals surface area contributed by atoms with Crippen LogP contribution in [0.25, 0.3) is 0 Å². The molecule has 0 heterocycles. The van der Waals surface area contributed by atoms with Gasteiger partial charge < -0.3 is 16.2 Å². The topological polar surface area (TPSA) is 61.3 Å². The minimum absolute atomic E-state index is 0.0227.